The molecule has 0 spiro atoms. The van der Waals surface area contributed by atoms with Gasteiger partial charge in [-0.25, -0.2) is 8.42 Å². The van der Waals surface area contributed by atoms with Gasteiger partial charge in [0.2, 0.25) is 10.0 Å². The second kappa shape index (κ2) is 6.45. The minimum Gasteiger partial charge on any atom is -0.468 e. The highest BCUT2D eigenvalue weighted by molar-refractivity contribution is 7.89. The van der Waals surface area contributed by atoms with E-state index in [4.69, 9.17) is 9.68 Å². The van der Waals surface area contributed by atoms with Crippen LogP contribution >= 0.6 is 11.7 Å². The highest BCUT2D eigenvalue weighted by Gasteiger charge is 2.28. The molecule has 0 saturated heterocycles. The van der Waals surface area contributed by atoms with Gasteiger partial charge in [-0.2, -0.15) is 18.3 Å². The summed E-state index contributed by atoms with van der Waals surface area (Å²) in [6.45, 7) is 0.137. The van der Waals surface area contributed by atoms with Crippen LogP contribution in [0.5, 0.6) is 0 Å². The van der Waals surface area contributed by atoms with Gasteiger partial charge in [-0.1, -0.05) is 6.07 Å². The Balaban J connectivity index is 2.02. The van der Waals surface area contributed by atoms with Crippen molar-refractivity contribution in [3.8, 4) is 6.07 Å². The highest BCUT2D eigenvalue weighted by Crippen LogP contribution is 2.25. The van der Waals surface area contributed by atoms with Crippen LogP contribution in [-0.2, 0) is 16.6 Å². The second-order valence-electron chi connectivity index (χ2n) is 4.71. The number of rotatable bonds is 6. The summed E-state index contributed by atoms with van der Waals surface area (Å²) < 4.78 is 40.6. The molecule has 0 aliphatic rings. The summed E-state index contributed by atoms with van der Waals surface area (Å²) in [4.78, 5) is 0.0910. The van der Waals surface area contributed by atoms with E-state index in [1.165, 1.54) is 16.6 Å². The number of hydrogen-bond acceptors (Lipinski definition) is 7. The van der Waals surface area contributed by atoms with Gasteiger partial charge in [0.25, 0.3) is 0 Å². The SMILES string of the molecule is N#CCCN(Cc1ccco1)S(=O)(=O)c1cccc2nsnc12. The number of benzene rings is 1. The summed E-state index contributed by atoms with van der Waals surface area (Å²) >= 11 is 0.964. The number of fused-ring (bicyclic) bond motifs is 1. The van der Waals surface area contributed by atoms with Crippen molar-refractivity contribution in [2.24, 2.45) is 0 Å². The number of sulfonamides is 1. The molecule has 3 rings (SSSR count). The Bertz CT molecular complexity index is 942. The summed E-state index contributed by atoms with van der Waals surface area (Å²) in [6, 6.07) is 10.2. The molecule has 0 unspecified atom stereocenters. The summed E-state index contributed by atoms with van der Waals surface area (Å²) in [7, 11) is -3.82. The van der Waals surface area contributed by atoms with Crippen LogP contribution in [0.4, 0.5) is 0 Å². The van der Waals surface area contributed by atoms with Gasteiger partial charge in [-0.15, -0.1) is 0 Å². The summed E-state index contributed by atoms with van der Waals surface area (Å²) in [5.74, 6) is 0.509. The quantitative estimate of drug-likeness (QED) is 0.678. The van der Waals surface area contributed by atoms with Crippen LogP contribution in [-0.4, -0.2) is 28.0 Å². The van der Waals surface area contributed by atoms with Crippen molar-refractivity contribution in [2.75, 3.05) is 6.54 Å². The maximum absolute atomic E-state index is 13.0. The maximum Gasteiger partial charge on any atom is 0.245 e. The molecule has 0 bridgehead atoms. The minimum absolute atomic E-state index is 0.0605. The van der Waals surface area contributed by atoms with Crippen molar-refractivity contribution < 1.29 is 12.8 Å². The molecule has 23 heavy (non-hydrogen) atoms. The van der Waals surface area contributed by atoms with Crippen LogP contribution in [0.2, 0.25) is 0 Å². The fourth-order valence-corrected chi connectivity index (χ4v) is 4.32. The molecule has 0 aliphatic heterocycles. The molecule has 0 N–H and O–H groups in total. The van der Waals surface area contributed by atoms with Crippen LogP contribution in [0.25, 0.3) is 11.0 Å². The first-order valence-corrected chi connectivity index (χ1v) is 8.91. The Hall–Kier alpha value is -2.28. The lowest BCUT2D eigenvalue weighted by Crippen LogP contribution is -2.31. The number of furan rings is 1. The molecule has 0 amide bonds. The Kier molecular flexibility index (Phi) is 4.38. The third-order valence-corrected chi connectivity index (χ3v) is 5.67. The minimum atomic E-state index is -3.82. The Labute approximate surface area is 137 Å². The zero-order chi connectivity index (χ0) is 16.3. The zero-order valence-corrected chi connectivity index (χ0v) is 13.5. The molecule has 0 aliphatic carbocycles. The summed E-state index contributed by atoms with van der Waals surface area (Å²) in [5.41, 5.74) is 0.883. The van der Waals surface area contributed by atoms with E-state index in [1.54, 1.807) is 24.3 Å². The van der Waals surface area contributed by atoms with Crippen LogP contribution in [0.15, 0.2) is 45.9 Å². The molecule has 9 heteroatoms. The number of aromatic nitrogens is 2. The fourth-order valence-electron chi connectivity index (χ4n) is 2.16. The molecule has 0 fully saturated rings. The fraction of sp³-hybridized carbons (Fsp3) is 0.214. The van der Waals surface area contributed by atoms with Gasteiger partial charge < -0.3 is 4.42 Å². The van der Waals surface area contributed by atoms with Crippen LogP contribution < -0.4 is 0 Å². The number of nitrogens with zero attached hydrogens (tertiary/aromatic N) is 4. The summed E-state index contributed by atoms with van der Waals surface area (Å²) in [6.07, 6.45) is 1.57. The van der Waals surface area contributed by atoms with Gasteiger partial charge in [0, 0.05) is 13.0 Å². The lowest BCUT2D eigenvalue weighted by Gasteiger charge is -2.20. The first-order valence-electron chi connectivity index (χ1n) is 6.73. The molecule has 3 aromatic rings. The molecule has 0 radical (unpaired) electrons. The first-order chi connectivity index (χ1) is 11.1. The van der Waals surface area contributed by atoms with E-state index in [2.05, 4.69) is 8.75 Å². The standard InChI is InChI=1S/C14H12N4O3S2/c15-7-3-8-18(10-11-4-2-9-21-11)23(19,20)13-6-1-5-12-14(13)17-22-16-12/h1-2,4-6,9H,3,8,10H2. The van der Waals surface area contributed by atoms with E-state index in [0.29, 0.717) is 16.8 Å². The van der Waals surface area contributed by atoms with E-state index in [1.807, 2.05) is 6.07 Å². The molecular formula is C14H12N4O3S2. The Morgan fingerprint density at radius 2 is 2.13 bits per heavy atom. The number of nitriles is 1. The van der Waals surface area contributed by atoms with Gasteiger partial charge in [-0.3, -0.25) is 0 Å². The van der Waals surface area contributed by atoms with Gasteiger partial charge in [0.1, 0.15) is 21.7 Å². The largest absolute Gasteiger partial charge is 0.468 e. The molecule has 118 valence electrons. The smallest absolute Gasteiger partial charge is 0.245 e. The van der Waals surface area contributed by atoms with E-state index in [0.717, 1.165) is 11.7 Å². The topological polar surface area (TPSA) is 100 Å². The highest BCUT2D eigenvalue weighted by atomic mass is 32.2. The lowest BCUT2D eigenvalue weighted by molar-refractivity contribution is 0.368. The molecule has 0 saturated carbocycles. The van der Waals surface area contributed by atoms with Gasteiger partial charge in [0.05, 0.1) is 30.6 Å². The van der Waals surface area contributed by atoms with Crippen molar-refractivity contribution in [1.82, 2.24) is 13.1 Å². The van der Waals surface area contributed by atoms with Gasteiger partial charge in [0.15, 0.2) is 0 Å². The summed E-state index contributed by atoms with van der Waals surface area (Å²) in [5, 5.41) is 8.80. The Morgan fingerprint density at radius 3 is 2.87 bits per heavy atom. The van der Waals surface area contributed by atoms with Crippen LogP contribution in [0.1, 0.15) is 12.2 Å². The van der Waals surface area contributed by atoms with Crippen molar-refractivity contribution >= 4 is 32.8 Å². The molecule has 7 nitrogen and oxygen atoms in total. The average Bonchev–Trinajstić information content (AvgIpc) is 3.21. The normalized spacial score (nSPS) is 11.8. The van der Waals surface area contributed by atoms with Crippen LogP contribution in [0, 0.1) is 11.3 Å². The van der Waals surface area contributed by atoms with E-state index in [9.17, 15) is 8.42 Å². The first kappa shape index (κ1) is 15.6. The van der Waals surface area contributed by atoms with E-state index >= 15 is 0 Å². The van der Waals surface area contributed by atoms with Crippen LogP contribution in [0.3, 0.4) is 0 Å². The van der Waals surface area contributed by atoms with Crippen molar-refractivity contribution in [2.45, 2.75) is 17.9 Å². The van der Waals surface area contributed by atoms with Gasteiger partial charge in [-0.05, 0) is 24.3 Å². The molecule has 0 atom stereocenters. The van der Waals surface area contributed by atoms with Crippen molar-refractivity contribution in [3.05, 3.63) is 42.4 Å². The van der Waals surface area contributed by atoms with E-state index in [-0.39, 0.29) is 24.4 Å². The predicted octanol–water partition coefficient (Wildman–Crippen LogP) is 2.39. The lowest BCUT2D eigenvalue weighted by atomic mass is 10.3. The molecular weight excluding hydrogens is 336 g/mol. The number of hydrogen-bond donors (Lipinski definition) is 0. The van der Waals surface area contributed by atoms with Crippen molar-refractivity contribution in [3.63, 3.8) is 0 Å². The third-order valence-electron chi connectivity index (χ3n) is 3.25. The Morgan fingerprint density at radius 1 is 1.26 bits per heavy atom. The monoisotopic (exact) mass is 348 g/mol. The van der Waals surface area contributed by atoms with Gasteiger partial charge >= 0.3 is 0 Å². The third kappa shape index (κ3) is 3.10. The molecule has 1 aromatic carbocycles. The zero-order valence-electron chi connectivity index (χ0n) is 11.9. The predicted molar refractivity (Wildman–Crippen MR) is 83.9 cm³/mol. The average molecular weight is 348 g/mol. The maximum atomic E-state index is 13.0. The second-order valence-corrected chi connectivity index (χ2v) is 7.15. The van der Waals surface area contributed by atoms with Crippen molar-refractivity contribution in [1.29, 1.82) is 5.26 Å². The molecule has 2 heterocycles. The molecule has 2 aromatic heterocycles. The van der Waals surface area contributed by atoms with E-state index < -0.39 is 10.0 Å².